The van der Waals surface area contributed by atoms with Crippen molar-refractivity contribution in [1.29, 1.82) is 0 Å². The molecule has 0 aliphatic rings. The number of hydrogen-bond donors (Lipinski definition) is 0. The van der Waals surface area contributed by atoms with E-state index in [-0.39, 0.29) is 5.69 Å². The van der Waals surface area contributed by atoms with Crippen LogP contribution >= 0.6 is 11.6 Å². The summed E-state index contributed by atoms with van der Waals surface area (Å²) in [5.74, 6) is 0.433. The molecule has 0 saturated heterocycles. The molecule has 0 aliphatic heterocycles. The Kier molecular flexibility index (Phi) is 5.52. The molecule has 0 aromatic heterocycles. The van der Waals surface area contributed by atoms with Crippen molar-refractivity contribution in [1.82, 2.24) is 5.01 Å². The molecule has 110 valence electrons. The Hall–Kier alpha value is -1.60. The Morgan fingerprint density at radius 3 is 2.35 bits per heavy atom. The van der Waals surface area contributed by atoms with E-state index in [9.17, 15) is 10.1 Å². The fourth-order valence-electron chi connectivity index (χ4n) is 1.33. The molecule has 0 N–H and O–H groups in total. The first-order valence-electron chi connectivity index (χ1n) is 6.01. The fraction of sp³-hybridized carbons (Fsp3) is 0.417. The maximum absolute atomic E-state index is 10.7. The summed E-state index contributed by atoms with van der Waals surface area (Å²) in [5, 5.41) is 16.6. The molecule has 0 radical (unpaired) electrons. The molecular formula is C12H18ClN3O3Si. The Labute approximate surface area is 124 Å². The van der Waals surface area contributed by atoms with E-state index in [2.05, 4.69) is 5.10 Å². The maximum atomic E-state index is 10.7. The van der Waals surface area contributed by atoms with Gasteiger partial charge in [-0.2, -0.15) is 0 Å². The highest BCUT2D eigenvalue weighted by Gasteiger charge is 2.26. The zero-order valence-corrected chi connectivity index (χ0v) is 13.7. The molecule has 0 fully saturated rings. The minimum absolute atomic E-state index is 0.0341. The highest BCUT2D eigenvalue weighted by Crippen LogP contribution is 2.16. The Balaban J connectivity index is 3.09. The predicted octanol–water partition coefficient (Wildman–Crippen LogP) is 2.82. The van der Waals surface area contributed by atoms with Crippen LogP contribution in [0.15, 0.2) is 29.4 Å². The third-order valence-electron chi connectivity index (χ3n) is 2.31. The van der Waals surface area contributed by atoms with E-state index in [0.717, 1.165) is 0 Å². The molecule has 1 rings (SSSR count). The van der Waals surface area contributed by atoms with Crippen LogP contribution < -0.4 is 0 Å². The Morgan fingerprint density at radius 2 is 1.95 bits per heavy atom. The molecule has 0 amide bonds. The van der Waals surface area contributed by atoms with Gasteiger partial charge in [-0.1, -0.05) is 0 Å². The van der Waals surface area contributed by atoms with Gasteiger partial charge in [-0.05, 0) is 25.2 Å². The van der Waals surface area contributed by atoms with Crippen LogP contribution in [-0.4, -0.2) is 43.7 Å². The maximum Gasteiger partial charge on any atom is 0.269 e. The number of hydrazone groups is 1. The molecule has 0 aliphatic carbocycles. The van der Waals surface area contributed by atoms with Gasteiger partial charge in [-0.15, -0.1) is 16.7 Å². The van der Waals surface area contributed by atoms with E-state index in [1.807, 2.05) is 13.1 Å². The van der Waals surface area contributed by atoms with Crippen LogP contribution in [0.2, 0.25) is 13.1 Å². The van der Waals surface area contributed by atoms with Gasteiger partial charge in [0, 0.05) is 31.8 Å². The van der Waals surface area contributed by atoms with E-state index >= 15 is 0 Å². The topological polar surface area (TPSA) is 68.0 Å². The van der Waals surface area contributed by atoms with Crippen molar-refractivity contribution in [3.05, 3.63) is 39.9 Å². The van der Waals surface area contributed by atoms with E-state index in [1.165, 1.54) is 12.1 Å². The van der Waals surface area contributed by atoms with Crippen molar-refractivity contribution in [2.45, 2.75) is 13.1 Å². The number of hydrogen-bond acceptors (Lipinski definition) is 5. The zero-order chi connectivity index (χ0) is 15.3. The van der Waals surface area contributed by atoms with Crippen LogP contribution in [0.25, 0.3) is 0 Å². The predicted molar refractivity (Wildman–Crippen MR) is 82.6 cm³/mol. The van der Waals surface area contributed by atoms with Crippen molar-refractivity contribution in [2.24, 2.45) is 5.10 Å². The van der Waals surface area contributed by atoms with E-state index in [4.69, 9.17) is 16.0 Å². The number of nitro groups is 1. The van der Waals surface area contributed by atoms with Crippen LogP contribution in [0.3, 0.4) is 0 Å². The summed E-state index contributed by atoms with van der Waals surface area (Å²) in [6.45, 7) is 3.97. The molecule has 0 atom stereocenters. The third-order valence-corrected chi connectivity index (χ3v) is 5.63. The molecule has 0 heterocycles. The minimum atomic E-state index is -2.05. The number of alkyl halides is 1. The van der Waals surface area contributed by atoms with E-state index in [1.54, 1.807) is 31.2 Å². The van der Waals surface area contributed by atoms with Gasteiger partial charge in [0.05, 0.1) is 10.4 Å². The van der Waals surface area contributed by atoms with Gasteiger partial charge >= 0.3 is 0 Å². The lowest BCUT2D eigenvalue weighted by Crippen LogP contribution is -2.36. The average Bonchev–Trinajstić information content (AvgIpc) is 2.37. The van der Waals surface area contributed by atoms with Crippen molar-refractivity contribution in [2.75, 3.05) is 19.6 Å². The third kappa shape index (κ3) is 4.82. The number of non-ortho nitro benzene ring substituents is 1. The zero-order valence-electron chi connectivity index (χ0n) is 12.0. The summed E-state index contributed by atoms with van der Waals surface area (Å²) in [6.07, 6.45) is 0. The van der Waals surface area contributed by atoms with Gasteiger partial charge < -0.3 is 4.43 Å². The molecule has 8 heteroatoms. The van der Waals surface area contributed by atoms with Crippen molar-refractivity contribution >= 4 is 31.5 Å². The Bertz CT molecular complexity index is 503. The second-order valence-corrected chi connectivity index (χ2v) is 9.84. The van der Waals surface area contributed by atoms with Gasteiger partial charge in [-0.3, -0.25) is 15.1 Å². The van der Waals surface area contributed by atoms with Gasteiger partial charge in [0.2, 0.25) is 5.90 Å². The number of nitrogens with zero attached hydrogens (tertiary/aromatic N) is 3. The number of halogens is 1. The lowest BCUT2D eigenvalue weighted by molar-refractivity contribution is -0.384. The van der Waals surface area contributed by atoms with Gasteiger partial charge in [-0.25, -0.2) is 0 Å². The molecule has 0 spiro atoms. The van der Waals surface area contributed by atoms with E-state index < -0.39 is 13.2 Å². The molecule has 20 heavy (non-hydrogen) atoms. The molecule has 0 unspecified atom stereocenters. The first-order valence-corrected chi connectivity index (χ1v) is 9.66. The molecule has 6 nitrogen and oxygen atoms in total. The number of nitro benzene ring substituents is 1. The fourth-order valence-corrected chi connectivity index (χ4v) is 2.23. The average molecular weight is 316 g/mol. The second-order valence-electron chi connectivity index (χ2n) is 5.05. The highest BCUT2D eigenvalue weighted by molar-refractivity contribution is 6.79. The summed E-state index contributed by atoms with van der Waals surface area (Å²) in [7, 11) is 1.51. The first kappa shape index (κ1) is 16.5. The summed E-state index contributed by atoms with van der Waals surface area (Å²) in [6, 6.07) is 6.11. The SMILES string of the molecule is CN(C)N=C(O[Si](C)(C)CCl)c1ccc([N+](=O)[O-])cc1. The van der Waals surface area contributed by atoms with Crippen LogP contribution in [-0.2, 0) is 4.43 Å². The summed E-state index contributed by atoms with van der Waals surface area (Å²) >= 11 is 5.91. The van der Waals surface area contributed by atoms with Crippen LogP contribution in [0.4, 0.5) is 5.69 Å². The summed E-state index contributed by atoms with van der Waals surface area (Å²) in [5.41, 5.74) is 1.16. The van der Waals surface area contributed by atoms with Gasteiger partial charge in [0.15, 0.2) is 0 Å². The monoisotopic (exact) mass is 315 g/mol. The summed E-state index contributed by atoms with van der Waals surface area (Å²) in [4.78, 5) is 10.2. The van der Waals surface area contributed by atoms with Crippen LogP contribution in [0, 0.1) is 10.1 Å². The Morgan fingerprint density at radius 1 is 1.40 bits per heavy atom. The molecular weight excluding hydrogens is 298 g/mol. The van der Waals surface area contributed by atoms with Crippen LogP contribution in [0.5, 0.6) is 0 Å². The lowest BCUT2D eigenvalue weighted by atomic mass is 10.2. The molecule has 0 bridgehead atoms. The lowest BCUT2D eigenvalue weighted by Gasteiger charge is -2.23. The minimum Gasteiger partial charge on any atom is -0.529 e. The van der Waals surface area contributed by atoms with Gasteiger partial charge in [0.1, 0.15) is 0 Å². The number of benzene rings is 1. The first-order chi connectivity index (χ1) is 9.25. The molecule has 1 aromatic carbocycles. The smallest absolute Gasteiger partial charge is 0.269 e. The van der Waals surface area contributed by atoms with Gasteiger partial charge in [0.25, 0.3) is 14.0 Å². The largest absolute Gasteiger partial charge is 0.529 e. The molecule has 1 aromatic rings. The normalized spacial score (nSPS) is 12.2. The molecule has 0 saturated carbocycles. The van der Waals surface area contributed by atoms with Crippen LogP contribution in [0.1, 0.15) is 5.56 Å². The van der Waals surface area contributed by atoms with Crippen molar-refractivity contribution in [3.8, 4) is 0 Å². The van der Waals surface area contributed by atoms with Crippen molar-refractivity contribution < 1.29 is 9.35 Å². The summed E-state index contributed by atoms with van der Waals surface area (Å²) < 4.78 is 5.93. The number of rotatable bonds is 5. The quantitative estimate of drug-likeness (QED) is 0.209. The second kappa shape index (κ2) is 6.71. The van der Waals surface area contributed by atoms with E-state index in [0.29, 0.717) is 17.0 Å². The highest BCUT2D eigenvalue weighted by atomic mass is 35.5. The standard InChI is InChI=1S/C12H18ClN3O3Si/c1-15(2)14-12(19-20(3,4)9-13)10-5-7-11(8-6-10)16(17)18/h5-8H,9H2,1-4H3. The van der Waals surface area contributed by atoms with Crippen molar-refractivity contribution in [3.63, 3.8) is 0 Å².